The van der Waals surface area contributed by atoms with Gasteiger partial charge in [0, 0.05) is 20.6 Å². The Morgan fingerprint density at radius 3 is 2.65 bits per heavy atom. The second kappa shape index (κ2) is 6.26. The number of phenols is 1. The first-order chi connectivity index (χ1) is 7.97. The van der Waals surface area contributed by atoms with E-state index in [4.69, 9.17) is 5.11 Å². The predicted molar refractivity (Wildman–Crippen MR) is 70.8 cm³/mol. The van der Waals surface area contributed by atoms with Crippen molar-refractivity contribution in [3.63, 3.8) is 0 Å². The molecule has 17 heavy (non-hydrogen) atoms. The molecule has 0 aliphatic heterocycles. The van der Waals surface area contributed by atoms with Crippen LogP contribution in [0.2, 0.25) is 0 Å². The monoisotopic (exact) mass is 366 g/mol. The van der Waals surface area contributed by atoms with Crippen LogP contribution in [0.4, 0.5) is 4.79 Å². The molecule has 0 bridgehead atoms. The van der Waals surface area contributed by atoms with Gasteiger partial charge in [0.2, 0.25) is 0 Å². The Kier molecular flexibility index (Phi) is 5.27. The van der Waals surface area contributed by atoms with Crippen LogP contribution in [0.3, 0.4) is 0 Å². The maximum Gasteiger partial charge on any atom is 0.511 e. The fourth-order valence-corrected chi connectivity index (χ4v) is 2.34. The van der Waals surface area contributed by atoms with Crippen molar-refractivity contribution in [2.24, 2.45) is 0 Å². The lowest BCUT2D eigenvalue weighted by atomic mass is 10.1. The number of hydrogen-bond acceptors (Lipinski definition) is 3. The molecule has 94 valence electrons. The van der Waals surface area contributed by atoms with E-state index in [-0.39, 0.29) is 11.5 Å². The van der Waals surface area contributed by atoms with E-state index in [1.165, 1.54) is 6.07 Å². The molecule has 0 saturated heterocycles. The number of hydrogen-bond donors (Lipinski definition) is 2. The quantitative estimate of drug-likeness (QED) is 0.614. The number of rotatable bonds is 4. The van der Waals surface area contributed by atoms with Gasteiger partial charge < -0.3 is 14.9 Å². The minimum Gasteiger partial charge on any atom is -0.504 e. The highest BCUT2D eigenvalue weighted by Gasteiger charge is 2.17. The highest BCUT2D eigenvalue weighted by atomic mass is 79.9. The summed E-state index contributed by atoms with van der Waals surface area (Å²) in [5.74, 6) is -0.186. The van der Waals surface area contributed by atoms with Crippen molar-refractivity contribution in [2.75, 3.05) is 0 Å². The third-order valence-corrected chi connectivity index (χ3v) is 4.29. The number of carboxylic acid groups (broad SMARTS) is 1. The lowest BCUT2D eigenvalue weighted by molar-refractivity contribution is 0.142. The summed E-state index contributed by atoms with van der Waals surface area (Å²) in [6.07, 6.45) is 1.08. The number of benzene rings is 1. The van der Waals surface area contributed by atoms with E-state index in [1.807, 2.05) is 6.92 Å². The Labute approximate surface area is 116 Å². The van der Waals surface area contributed by atoms with Gasteiger partial charge in [0.25, 0.3) is 0 Å². The SMILES string of the molecule is CCCCc1c(O)c(OC(=O)O)cc(Br)c1Br. The summed E-state index contributed by atoms with van der Waals surface area (Å²) in [6.45, 7) is 2.04. The van der Waals surface area contributed by atoms with Gasteiger partial charge in [0.1, 0.15) is 0 Å². The summed E-state index contributed by atoms with van der Waals surface area (Å²) in [5.41, 5.74) is 0.650. The van der Waals surface area contributed by atoms with Crippen molar-refractivity contribution in [3.8, 4) is 11.5 Å². The van der Waals surface area contributed by atoms with Crippen LogP contribution >= 0.6 is 31.9 Å². The number of carbonyl (C=O) groups is 1. The number of ether oxygens (including phenoxy) is 1. The van der Waals surface area contributed by atoms with Gasteiger partial charge in [0.15, 0.2) is 11.5 Å². The van der Waals surface area contributed by atoms with E-state index >= 15 is 0 Å². The molecular formula is C11H12Br2O4. The van der Waals surface area contributed by atoms with Crippen LogP contribution in [0.15, 0.2) is 15.0 Å². The maximum atomic E-state index is 10.5. The van der Waals surface area contributed by atoms with Crippen LogP contribution in [0.1, 0.15) is 25.3 Å². The van der Waals surface area contributed by atoms with Crippen LogP contribution in [0.25, 0.3) is 0 Å². The van der Waals surface area contributed by atoms with Crippen molar-refractivity contribution in [2.45, 2.75) is 26.2 Å². The summed E-state index contributed by atoms with van der Waals surface area (Å²) in [6, 6.07) is 1.42. The van der Waals surface area contributed by atoms with Crippen molar-refractivity contribution in [3.05, 3.63) is 20.6 Å². The van der Waals surface area contributed by atoms with Crippen molar-refractivity contribution in [1.82, 2.24) is 0 Å². The predicted octanol–water partition coefficient (Wildman–Crippen LogP) is 4.32. The van der Waals surface area contributed by atoms with Crippen LogP contribution in [-0.4, -0.2) is 16.4 Å². The van der Waals surface area contributed by atoms with Crippen LogP contribution in [0.5, 0.6) is 11.5 Å². The molecule has 1 aromatic rings. The minimum atomic E-state index is -1.45. The van der Waals surface area contributed by atoms with E-state index in [2.05, 4.69) is 36.6 Å². The van der Waals surface area contributed by atoms with Crippen LogP contribution in [0, 0.1) is 0 Å². The number of phenolic OH excluding ortho intramolecular Hbond substituents is 1. The highest BCUT2D eigenvalue weighted by Crippen LogP contribution is 2.41. The molecule has 0 fully saturated rings. The lowest BCUT2D eigenvalue weighted by Gasteiger charge is -2.12. The van der Waals surface area contributed by atoms with Gasteiger partial charge in [-0.15, -0.1) is 0 Å². The molecule has 4 nitrogen and oxygen atoms in total. The molecule has 1 aromatic carbocycles. The first kappa shape index (κ1) is 14.3. The lowest BCUT2D eigenvalue weighted by Crippen LogP contribution is -2.04. The molecule has 1 rings (SSSR count). The summed E-state index contributed by atoms with van der Waals surface area (Å²) in [4.78, 5) is 10.5. The Morgan fingerprint density at radius 2 is 2.12 bits per heavy atom. The summed E-state index contributed by atoms with van der Waals surface area (Å²) >= 11 is 6.63. The Hall–Kier alpha value is -0.750. The second-order valence-electron chi connectivity index (χ2n) is 3.47. The van der Waals surface area contributed by atoms with Gasteiger partial charge >= 0.3 is 6.16 Å². The Morgan fingerprint density at radius 1 is 1.47 bits per heavy atom. The molecule has 0 saturated carbocycles. The van der Waals surface area contributed by atoms with Gasteiger partial charge in [-0.3, -0.25) is 0 Å². The van der Waals surface area contributed by atoms with Gasteiger partial charge in [-0.05, 0) is 44.7 Å². The average Bonchev–Trinajstić information content (AvgIpc) is 2.25. The fourth-order valence-electron chi connectivity index (χ4n) is 1.40. The molecule has 0 amide bonds. The Balaban J connectivity index is 3.17. The van der Waals surface area contributed by atoms with Gasteiger partial charge in [0.05, 0.1) is 0 Å². The van der Waals surface area contributed by atoms with Gasteiger partial charge in [-0.25, -0.2) is 4.79 Å². The smallest absolute Gasteiger partial charge is 0.504 e. The second-order valence-corrected chi connectivity index (χ2v) is 5.12. The van der Waals surface area contributed by atoms with Gasteiger partial charge in [-0.2, -0.15) is 0 Å². The summed E-state index contributed by atoms with van der Waals surface area (Å²) in [7, 11) is 0. The summed E-state index contributed by atoms with van der Waals surface area (Å²) in [5, 5.41) is 18.5. The van der Waals surface area contributed by atoms with E-state index in [0.717, 1.165) is 17.3 Å². The molecule has 0 aliphatic carbocycles. The molecule has 0 heterocycles. The fraction of sp³-hybridized carbons (Fsp3) is 0.364. The standard InChI is InChI=1S/C11H12Br2O4/c1-2-3-4-6-9(13)7(12)5-8(10(6)14)17-11(15)16/h5,14H,2-4H2,1H3,(H,15,16). The molecule has 0 aliphatic rings. The number of aromatic hydroxyl groups is 1. The largest absolute Gasteiger partial charge is 0.511 e. The molecule has 0 aromatic heterocycles. The topological polar surface area (TPSA) is 66.8 Å². The maximum absolute atomic E-state index is 10.5. The third kappa shape index (κ3) is 3.61. The molecule has 0 unspecified atom stereocenters. The first-order valence-electron chi connectivity index (χ1n) is 5.08. The summed E-state index contributed by atoms with van der Waals surface area (Å²) < 4.78 is 5.89. The van der Waals surface area contributed by atoms with E-state index in [1.54, 1.807) is 0 Å². The minimum absolute atomic E-state index is 0.0568. The zero-order chi connectivity index (χ0) is 13.0. The van der Waals surface area contributed by atoms with Crippen LogP contribution < -0.4 is 4.74 Å². The molecular weight excluding hydrogens is 356 g/mol. The van der Waals surface area contributed by atoms with Gasteiger partial charge in [-0.1, -0.05) is 13.3 Å². The average molecular weight is 368 g/mol. The van der Waals surface area contributed by atoms with Crippen molar-refractivity contribution < 1.29 is 19.7 Å². The number of halogens is 2. The molecule has 0 spiro atoms. The zero-order valence-corrected chi connectivity index (χ0v) is 12.3. The Bertz CT molecular complexity index is 432. The third-order valence-electron chi connectivity index (χ3n) is 2.23. The van der Waals surface area contributed by atoms with Crippen molar-refractivity contribution in [1.29, 1.82) is 0 Å². The van der Waals surface area contributed by atoms with E-state index < -0.39 is 6.16 Å². The molecule has 0 atom stereocenters. The normalized spacial score (nSPS) is 10.3. The van der Waals surface area contributed by atoms with E-state index in [0.29, 0.717) is 16.5 Å². The number of unbranched alkanes of at least 4 members (excludes halogenated alkanes) is 1. The first-order valence-corrected chi connectivity index (χ1v) is 6.66. The van der Waals surface area contributed by atoms with Crippen LogP contribution in [-0.2, 0) is 6.42 Å². The van der Waals surface area contributed by atoms with Crippen molar-refractivity contribution >= 4 is 38.0 Å². The zero-order valence-electron chi connectivity index (χ0n) is 9.17. The molecule has 2 N–H and O–H groups in total. The highest BCUT2D eigenvalue weighted by molar-refractivity contribution is 9.13. The molecule has 0 radical (unpaired) electrons. The molecule has 6 heteroatoms. The van der Waals surface area contributed by atoms with E-state index in [9.17, 15) is 9.90 Å².